The van der Waals surface area contributed by atoms with Gasteiger partial charge in [0, 0.05) is 42.5 Å². The quantitative estimate of drug-likeness (QED) is 0.618. The smallest absolute Gasteiger partial charge is 0.273 e. The Balaban J connectivity index is 1.48. The second-order valence-corrected chi connectivity index (χ2v) is 9.81. The van der Waals surface area contributed by atoms with Crippen molar-refractivity contribution < 1.29 is 13.9 Å². The Kier molecular flexibility index (Phi) is 7.17. The molecule has 0 N–H and O–H groups in total. The normalized spacial score (nSPS) is 18.8. The van der Waals surface area contributed by atoms with Gasteiger partial charge in [-0.15, -0.1) is 0 Å². The number of hydrogen-bond acceptors (Lipinski definition) is 5. The lowest BCUT2D eigenvalue weighted by Crippen LogP contribution is -2.44. The van der Waals surface area contributed by atoms with Gasteiger partial charge in [0.2, 0.25) is 5.91 Å². The molecule has 1 aromatic heterocycles. The number of fused-ring (bicyclic) bond motifs is 1. The van der Waals surface area contributed by atoms with Crippen LogP contribution in [0.1, 0.15) is 48.4 Å². The third kappa shape index (κ3) is 5.13. The maximum atomic E-state index is 13.8. The summed E-state index contributed by atoms with van der Waals surface area (Å²) in [5, 5.41) is 0.704. The van der Waals surface area contributed by atoms with Gasteiger partial charge in [-0.2, -0.15) is 0 Å². The second kappa shape index (κ2) is 10.1. The summed E-state index contributed by atoms with van der Waals surface area (Å²) in [6.45, 7) is 7.85. The first-order chi connectivity index (χ1) is 15.9. The molecule has 4 rings (SSSR count). The molecule has 0 radical (unpaired) electrons. The van der Waals surface area contributed by atoms with Gasteiger partial charge in [-0.25, -0.2) is 9.37 Å². The van der Waals surface area contributed by atoms with Gasteiger partial charge in [0.1, 0.15) is 5.82 Å². The van der Waals surface area contributed by atoms with Gasteiger partial charge in [0.05, 0.1) is 19.3 Å². The molecule has 2 aromatic rings. The van der Waals surface area contributed by atoms with E-state index in [1.807, 2.05) is 17.0 Å². The van der Waals surface area contributed by atoms with E-state index in [0.29, 0.717) is 30.4 Å². The molecule has 3 heterocycles. The molecule has 1 atom stereocenters. The minimum Gasteiger partial charge on any atom is -0.473 e. The zero-order valence-corrected chi connectivity index (χ0v) is 20.7. The Morgan fingerprint density at radius 2 is 2.09 bits per heavy atom. The maximum absolute atomic E-state index is 13.8. The minimum atomic E-state index is -0.186. The number of allylic oxidation sites excluding steroid dienone is 3. The molecule has 0 saturated heterocycles. The molecule has 33 heavy (non-hydrogen) atoms. The predicted molar refractivity (Wildman–Crippen MR) is 131 cm³/mol. The fourth-order valence-electron chi connectivity index (χ4n) is 4.54. The van der Waals surface area contributed by atoms with Gasteiger partial charge in [-0.1, -0.05) is 30.4 Å². The van der Waals surface area contributed by atoms with Crippen molar-refractivity contribution in [1.29, 1.82) is 0 Å². The Morgan fingerprint density at radius 1 is 1.30 bits per heavy atom. The number of aromatic nitrogens is 1. The molecule has 0 bridgehead atoms. The highest BCUT2D eigenvalue weighted by Crippen LogP contribution is 2.30. The highest BCUT2D eigenvalue weighted by Gasteiger charge is 2.26. The molecule has 176 valence electrons. The molecule has 7 heteroatoms. The van der Waals surface area contributed by atoms with Crippen LogP contribution in [-0.4, -0.2) is 53.5 Å². The molecule has 2 aliphatic heterocycles. The molecule has 0 spiro atoms. The summed E-state index contributed by atoms with van der Waals surface area (Å²) in [7, 11) is 1.65. The highest BCUT2D eigenvalue weighted by molar-refractivity contribution is 7.13. The third-order valence-corrected chi connectivity index (χ3v) is 7.69. The Morgan fingerprint density at radius 3 is 2.82 bits per heavy atom. The topological polar surface area (TPSA) is 45.7 Å². The number of thiazole rings is 1. The van der Waals surface area contributed by atoms with Gasteiger partial charge in [-0.3, -0.25) is 4.79 Å². The summed E-state index contributed by atoms with van der Waals surface area (Å²) < 4.78 is 19.0. The lowest BCUT2D eigenvalue weighted by Gasteiger charge is -2.33. The van der Waals surface area contributed by atoms with Gasteiger partial charge in [0.15, 0.2) is 0 Å². The molecule has 5 nitrogen and oxygen atoms in total. The first-order valence-corrected chi connectivity index (χ1v) is 12.5. The molecular weight excluding hydrogens is 437 g/mol. The number of nitrogens with zero attached hydrogens (tertiary/aromatic N) is 3. The van der Waals surface area contributed by atoms with Crippen molar-refractivity contribution in [3.63, 3.8) is 0 Å². The first kappa shape index (κ1) is 23.5. The van der Waals surface area contributed by atoms with E-state index in [1.54, 1.807) is 25.4 Å². The van der Waals surface area contributed by atoms with Crippen molar-refractivity contribution in [3.8, 4) is 5.19 Å². The van der Waals surface area contributed by atoms with Gasteiger partial charge in [0.25, 0.3) is 5.19 Å². The van der Waals surface area contributed by atoms with E-state index in [-0.39, 0.29) is 17.8 Å². The van der Waals surface area contributed by atoms with Crippen molar-refractivity contribution in [1.82, 2.24) is 14.8 Å². The van der Waals surface area contributed by atoms with E-state index in [2.05, 4.69) is 35.9 Å². The Hall–Kier alpha value is -2.67. The van der Waals surface area contributed by atoms with Crippen LogP contribution >= 0.6 is 11.3 Å². The lowest BCUT2D eigenvalue weighted by atomic mass is 10.0. The summed E-state index contributed by atoms with van der Waals surface area (Å²) in [5.41, 5.74) is 4.96. The van der Waals surface area contributed by atoms with Crippen molar-refractivity contribution in [3.05, 3.63) is 63.6 Å². The van der Waals surface area contributed by atoms with Crippen LogP contribution in [0, 0.1) is 12.7 Å². The molecule has 2 aliphatic rings. The van der Waals surface area contributed by atoms with E-state index < -0.39 is 0 Å². The fraction of sp³-hybridized carbons (Fsp3) is 0.462. The third-order valence-electron chi connectivity index (χ3n) is 6.57. The summed E-state index contributed by atoms with van der Waals surface area (Å²) in [4.78, 5) is 23.3. The number of amides is 1. The number of methoxy groups -OCH3 is 1. The van der Waals surface area contributed by atoms with Crippen LogP contribution < -0.4 is 4.74 Å². The summed E-state index contributed by atoms with van der Waals surface area (Å²) in [6, 6.07) is 5.47. The second-order valence-electron chi connectivity index (χ2n) is 8.76. The monoisotopic (exact) mass is 469 g/mol. The highest BCUT2D eigenvalue weighted by atomic mass is 32.1. The zero-order chi connectivity index (χ0) is 23.5. The number of carbonyl (C=O) groups excluding carboxylic acids is 1. The van der Waals surface area contributed by atoms with Gasteiger partial charge in [-0.05, 0) is 61.6 Å². The van der Waals surface area contributed by atoms with Gasteiger partial charge < -0.3 is 14.5 Å². The average Bonchev–Trinajstić information content (AvgIpc) is 3.01. The minimum absolute atomic E-state index is 0.157. The number of benzene rings is 1. The van der Waals surface area contributed by atoms with Gasteiger partial charge >= 0.3 is 0 Å². The SMILES string of the molecule is CCC1=CC(c2ccc(F)c(C)c2)=CCC(C)N1CC(=O)N1CCc2nc(OC)sc2CC1. The Bertz CT molecular complexity index is 1070. The average molecular weight is 470 g/mol. The predicted octanol–water partition coefficient (Wildman–Crippen LogP) is 5.00. The molecule has 0 saturated carbocycles. The van der Waals surface area contributed by atoms with Crippen molar-refractivity contribution >= 4 is 22.8 Å². The maximum Gasteiger partial charge on any atom is 0.273 e. The molecule has 0 fully saturated rings. The van der Waals surface area contributed by atoms with Crippen molar-refractivity contribution in [2.75, 3.05) is 26.7 Å². The van der Waals surface area contributed by atoms with E-state index in [4.69, 9.17) is 4.74 Å². The van der Waals surface area contributed by atoms with Crippen LogP contribution in [0.2, 0.25) is 0 Å². The summed E-state index contributed by atoms with van der Waals surface area (Å²) >= 11 is 1.58. The van der Waals surface area contributed by atoms with E-state index >= 15 is 0 Å². The fourth-order valence-corrected chi connectivity index (χ4v) is 5.45. The number of rotatable bonds is 5. The van der Waals surface area contributed by atoms with Crippen molar-refractivity contribution in [2.45, 2.75) is 52.5 Å². The van der Waals surface area contributed by atoms with E-state index in [1.165, 1.54) is 10.9 Å². The van der Waals surface area contributed by atoms with Crippen LogP contribution in [0.5, 0.6) is 5.19 Å². The van der Waals surface area contributed by atoms with Crippen LogP contribution in [0.25, 0.3) is 5.57 Å². The van der Waals surface area contributed by atoms with E-state index in [0.717, 1.165) is 48.2 Å². The standard InChI is InChI=1S/C26H32FN3O2S/c1-5-21-15-20(19-8-9-22(27)17(2)14-19)7-6-18(3)30(21)16-25(31)29-12-10-23-24(11-13-29)33-26(28-23)32-4/h7-9,14-15,18H,5-6,10-13,16H2,1-4H3. The largest absolute Gasteiger partial charge is 0.473 e. The number of aryl methyl sites for hydroxylation is 1. The molecule has 1 unspecified atom stereocenters. The molecule has 0 aliphatic carbocycles. The van der Waals surface area contributed by atoms with Crippen LogP contribution in [-0.2, 0) is 17.6 Å². The number of hydrogen-bond donors (Lipinski definition) is 0. The number of carbonyl (C=O) groups is 1. The van der Waals surface area contributed by atoms with E-state index in [9.17, 15) is 9.18 Å². The summed E-state index contributed by atoms with van der Waals surface area (Å²) in [5.74, 6) is -0.0295. The Labute approximate surface area is 199 Å². The first-order valence-electron chi connectivity index (χ1n) is 11.6. The van der Waals surface area contributed by atoms with Crippen LogP contribution in [0.15, 0.2) is 36.0 Å². The zero-order valence-electron chi connectivity index (χ0n) is 19.9. The molecule has 1 amide bonds. The lowest BCUT2D eigenvalue weighted by molar-refractivity contribution is -0.132. The van der Waals surface area contributed by atoms with Crippen LogP contribution in [0.3, 0.4) is 0 Å². The number of halogens is 1. The summed E-state index contributed by atoms with van der Waals surface area (Å²) in [6.07, 6.45) is 7.63. The number of ether oxygens (including phenoxy) is 1. The molecular formula is C26H32FN3O2S. The van der Waals surface area contributed by atoms with Crippen molar-refractivity contribution in [2.24, 2.45) is 0 Å². The molecule has 1 aromatic carbocycles. The van der Waals surface area contributed by atoms with Crippen LogP contribution in [0.4, 0.5) is 4.39 Å².